The first-order chi connectivity index (χ1) is 6.86. The molecule has 1 aliphatic rings. The minimum atomic E-state index is 0.731. The van der Waals surface area contributed by atoms with E-state index >= 15 is 0 Å². The van der Waals surface area contributed by atoms with Gasteiger partial charge in [-0.05, 0) is 37.5 Å². The van der Waals surface area contributed by atoms with Crippen LogP contribution in [0.2, 0.25) is 0 Å². The third-order valence-electron chi connectivity index (χ3n) is 3.32. The van der Waals surface area contributed by atoms with E-state index in [9.17, 15) is 0 Å². The number of aryl methyl sites for hydroxylation is 1. The molecule has 0 aromatic carbocycles. The standard InChI is InChI=1S/C12H14N2/c1-9-11-7-2-3-8-14(11)13-12(9)10-5-4-6-10/h2-3,7-8,10H,4-6H2,1H3. The van der Waals surface area contributed by atoms with Gasteiger partial charge >= 0.3 is 0 Å². The lowest BCUT2D eigenvalue weighted by Crippen LogP contribution is -2.10. The lowest BCUT2D eigenvalue weighted by atomic mass is 9.81. The molecule has 0 saturated heterocycles. The molecule has 3 rings (SSSR count). The zero-order valence-corrected chi connectivity index (χ0v) is 8.40. The summed E-state index contributed by atoms with van der Waals surface area (Å²) in [5.74, 6) is 0.731. The second-order valence-corrected chi connectivity index (χ2v) is 4.17. The molecule has 1 aliphatic carbocycles. The number of pyridine rings is 1. The van der Waals surface area contributed by atoms with Crippen LogP contribution in [0.3, 0.4) is 0 Å². The molecule has 2 heterocycles. The van der Waals surface area contributed by atoms with Crippen LogP contribution in [-0.4, -0.2) is 9.61 Å². The highest BCUT2D eigenvalue weighted by Gasteiger charge is 2.24. The summed E-state index contributed by atoms with van der Waals surface area (Å²) < 4.78 is 2.00. The average molecular weight is 186 g/mol. The molecule has 1 fully saturated rings. The molecule has 0 amide bonds. The predicted octanol–water partition coefficient (Wildman–Crippen LogP) is 2.91. The summed E-state index contributed by atoms with van der Waals surface area (Å²) in [7, 11) is 0. The van der Waals surface area contributed by atoms with Crippen LogP contribution >= 0.6 is 0 Å². The van der Waals surface area contributed by atoms with Crippen molar-refractivity contribution in [1.82, 2.24) is 9.61 Å². The third-order valence-corrected chi connectivity index (χ3v) is 3.32. The first kappa shape index (κ1) is 8.04. The lowest BCUT2D eigenvalue weighted by molar-refractivity contribution is 0.408. The number of hydrogen-bond donors (Lipinski definition) is 0. The Morgan fingerprint density at radius 3 is 2.86 bits per heavy atom. The minimum Gasteiger partial charge on any atom is -0.240 e. The van der Waals surface area contributed by atoms with E-state index in [2.05, 4.69) is 24.2 Å². The Bertz CT molecular complexity index is 466. The average Bonchev–Trinajstić information content (AvgIpc) is 2.43. The normalized spacial score (nSPS) is 17.2. The molecule has 0 radical (unpaired) electrons. The fourth-order valence-corrected chi connectivity index (χ4v) is 2.21. The van der Waals surface area contributed by atoms with E-state index in [1.807, 2.05) is 16.8 Å². The van der Waals surface area contributed by atoms with E-state index in [0.29, 0.717) is 0 Å². The van der Waals surface area contributed by atoms with Crippen LogP contribution < -0.4 is 0 Å². The van der Waals surface area contributed by atoms with Crippen LogP contribution in [0.4, 0.5) is 0 Å². The van der Waals surface area contributed by atoms with E-state index in [1.165, 1.54) is 36.0 Å². The molecule has 0 spiro atoms. The Morgan fingerprint density at radius 2 is 2.21 bits per heavy atom. The van der Waals surface area contributed by atoms with Crippen LogP contribution in [0.25, 0.3) is 5.52 Å². The zero-order valence-electron chi connectivity index (χ0n) is 8.40. The Hall–Kier alpha value is -1.31. The monoisotopic (exact) mass is 186 g/mol. The highest BCUT2D eigenvalue weighted by Crippen LogP contribution is 2.37. The molecule has 0 unspecified atom stereocenters. The van der Waals surface area contributed by atoms with Gasteiger partial charge in [0.25, 0.3) is 0 Å². The summed E-state index contributed by atoms with van der Waals surface area (Å²) in [6.45, 7) is 2.19. The van der Waals surface area contributed by atoms with Crippen molar-refractivity contribution in [3.05, 3.63) is 35.7 Å². The summed E-state index contributed by atoms with van der Waals surface area (Å²) >= 11 is 0. The SMILES string of the molecule is Cc1c(C2CCC2)nn2ccccc12. The van der Waals surface area contributed by atoms with Crippen molar-refractivity contribution >= 4 is 5.52 Å². The highest BCUT2D eigenvalue weighted by molar-refractivity contribution is 5.56. The summed E-state index contributed by atoms with van der Waals surface area (Å²) in [6.07, 6.45) is 6.05. The van der Waals surface area contributed by atoms with Gasteiger partial charge in [0.15, 0.2) is 0 Å². The van der Waals surface area contributed by atoms with Gasteiger partial charge in [-0.1, -0.05) is 12.5 Å². The molecular formula is C12H14N2. The molecule has 2 aromatic rings. The fourth-order valence-electron chi connectivity index (χ4n) is 2.21. The first-order valence-corrected chi connectivity index (χ1v) is 5.30. The van der Waals surface area contributed by atoms with E-state index in [1.54, 1.807) is 0 Å². The quantitative estimate of drug-likeness (QED) is 0.669. The summed E-state index contributed by atoms with van der Waals surface area (Å²) in [5, 5.41) is 4.65. The smallest absolute Gasteiger partial charge is 0.0695 e. The molecule has 0 bridgehead atoms. The third kappa shape index (κ3) is 0.999. The maximum atomic E-state index is 4.65. The summed E-state index contributed by atoms with van der Waals surface area (Å²) in [5.41, 5.74) is 3.95. The van der Waals surface area contributed by atoms with Crippen LogP contribution in [0.15, 0.2) is 24.4 Å². The van der Waals surface area contributed by atoms with E-state index in [4.69, 9.17) is 0 Å². The van der Waals surface area contributed by atoms with Crippen molar-refractivity contribution in [2.45, 2.75) is 32.1 Å². The number of aromatic nitrogens is 2. The Balaban J connectivity index is 2.19. The van der Waals surface area contributed by atoms with Crippen LogP contribution in [0.5, 0.6) is 0 Å². The predicted molar refractivity (Wildman–Crippen MR) is 56.5 cm³/mol. The van der Waals surface area contributed by atoms with Gasteiger partial charge in [0.1, 0.15) is 0 Å². The Kier molecular flexibility index (Phi) is 1.63. The van der Waals surface area contributed by atoms with Gasteiger partial charge in [-0.2, -0.15) is 5.10 Å². The maximum absolute atomic E-state index is 4.65. The van der Waals surface area contributed by atoms with Gasteiger partial charge < -0.3 is 0 Å². The van der Waals surface area contributed by atoms with Gasteiger partial charge in [0, 0.05) is 12.1 Å². The van der Waals surface area contributed by atoms with Crippen LogP contribution in [0.1, 0.15) is 36.4 Å². The zero-order chi connectivity index (χ0) is 9.54. The van der Waals surface area contributed by atoms with E-state index in [0.717, 1.165) is 5.92 Å². The van der Waals surface area contributed by atoms with Gasteiger partial charge in [-0.15, -0.1) is 0 Å². The van der Waals surface area contributed by atoms with Crippen LogP contribution in [0, 0.1) is 6.92 Å². The number of rotatable bonds is 1. The van der Waals surface area contributed by atoms with Crippen molar-refractivity contribution in [1.29, 1.82) is 0 Å². The van der Waals surface area contributed by atoms with E-state index in [-0.39, 0.29) is 0 Å². The fraction of sp³-hybridized carbons (Fsp3) is 0.417. The number of fused-ring (bicyclic) bond motifs is 1. The van der Waals surface area contributed by atoms with E-state index < -0.39 is 0 Å². The molecule has 2 heteroatoms. The van der Waals surface area contributed by atoms with Crippen molar-refractivity contribution < 1.29 is 0 Å². The lowest BCUT2D eigenvalue weighted by Gasteiger charge is -2.23. The second kappa shape index (κ2) is 2.84. The summed E-state index contributed by atoms with van der Waals surface area (Å²) in [6, 6.07) is 6.25. The van der Waals surface area contributed by atoms with Gasteiger partial charge in [0.05, 0.1) is 11.2 Å². The number of hydrogen-bond acceptors (Lipinski definition) is 1. The largest absolute Gasteiger partial charge is 0.240 e. The molecule has 0 aliphatic heterocycles. The minimum absolute atomic E-state index is 0.731. The molecule has 2 aromatic heterocycles. The van der Waals surface area contributed by atoms with Gasteiger partial charge in [-0.25, -0.2) is 4.52 Å². The Labute approximate surface area is 83.6 Å². The molecular weight excluding hydrogens is 172 g/mol. The van der Waals surface area contributed by atoms with Crippen molar-refractivity contribution in [3.8, 4) is 0 Å². The topological polar surface area (TPSA) is 17.3 Å². The first-order valence-electron chi connectivity index (χ1n) is 5.30. The van der Waals surface area contributed by atoms with Gasteiger partial charge in [-0.3, -0.25) is 0 Å². The summed E-state index contributed by atoms with van der Waals surface area (Å²) in [4.78, 5) is 0. The van der Waals surface area contributed by atoms with Crippen molar-refractivity contribution in [3.63, 3.8) is 0 Å². The number of nitrogens with zero attached hydrogens (tertiary/aromatic N) is 2. The molecule has 0 atom stereocenters. The van der Waals surface area contributed by atoms with Crippen LogP contribution in [-0.2, 0) is 0 Å². The Morgan fingerprint density at radius 1 is 1.36 bits per heavy atom. The van der Waals surface area contributed by atoms with Crippen molar-refractivity contribution in [2.75, 3.05) is 0 Å². The second-order valence-electron chi connectivity index (χ2n) is 4.17. The highest BCUT2D eigenvalue weighted by atomic mass is 15.2. The molecule has 14 heavy (non-hydrogen) atoms. The molecule has 72 valence electrons. The maximum Gasteiger partial charge on any atom is 0.0695 e. The van der Waals surface area contributed by atoms with Crippen molar-refractivity contribution in [2.24, 2.45) is 0 Å². The molecule has 0 N–H and O–H groups in total. The molecule has 1 saturated carbocycles. The van der Waals surface area contributed by atoms with Gasteiger partial charge in [0.2, 0.25) is 0 Å². The molecule has 2 nitrogen and oxygen atoms in total.